The molecule has 0 spiro atoms. The maximum atomic E-state index is 9.96. The van der Waals surface area contributed by atoms with Crippen LogP contribution < -0.4 is 0 Å². The standard InChI is InChI=1S/C8H15N3O/c1-7(10-11-9)5-3-4-6-8(7,2)12/h12H,3-6H2,1-2H3. The van der Waals surface area contributed by atoms with Gasteiger partial charge in [0.05, 0.1) is 11.1 Å². The van der Waals surface area contributed by atoms with Crippen LogP contribution in [0.1, 0.15) is 39.5 Å². The van der Waals surface area contributed by atoms with Gasteiger partial charge in [0, 0.05) is 4.91 Å². The van der Waals surface area contributed by atoms with Gasteiger partial charge in [-0.1, -0.05) is 24.9 Å². The lowest BCUT2D eigenvalue weighted by Crippen LogP contribution is -2.50. The van der Waals surface area contributed by atoms with E-state index in [-0.39, 0.29) is 0 Å². The number of rotatable bonds is 1. The van der Waals surface area contributed by atoms with Crippen molar-refractivity contribution >= 4 is 0 Å². The van der Waals surface area contributed by atoms with Gasteiger partial charge < -0.3 is 5.11 Å². The first-order valence-electron chi connectivity index (χ1n) is 4.30. The molecular formula is C8H15N3O. The van der Waals surface area contributed by atoms with Crippen LogP contribution in [0.25, 0.3) is 10.4 Å². The van der Waals surface area contributed by atoms with Crippen molar-refractivity contribution in [2.24, 2.45) is 5.11 Å². The van der Waals surface area contributed by atoms with E-state index < -0.39 is 11.1 Å². The Labute approximate surface area is 72.2 Å². The first-order valence-corrected chi connectivity index (χ1v) is 4.30. The summed E-state index contributed by atoms with van der Waals surface area (Å²) in [4.78, 5) is 2.79. The van der Waals surface area contributed by atoms with Crippen LogP contribution in [0.15, 0.2) is 5.11 Å². The summed E-state index contributed by atoms with van der Waals surface area (Å²) in [5, 5.41) is 13.7. The molecule has 0 aliphatic heterocycles. The predicted octanol–water partition coefficient (Wildman–Crippen LogP) is 2.38. The smallest absolute Gasteiger partial charge is 0.0744 e. The molecule has 4 nitrogen and oxygen atoms in total. The zero-order valence-corrected chi connectivity index (χ0v) is 7.62. The van der Waals surface area contributed by atoms with E-state index in [1.807, 2.05) is 6.92 Å². The minimum Gasteiger partial charge on any atom is -0.389 e. The first-order chi connectivity index (χ1) is 5.52. The summed E-state index contributed by atoms with van der Waals surface area (Å²) in [5.41, 5.74) is 6.92. The Morgan fingerprint density at radius 1 is 1.33 bits per heavy atom. The van der Waals surface area contributed by atoms with Gasteiger partial charge in [-0.25, -0.2) is 0 Å². The molecule has 2 unspecified atom stereocenters. The molecule has 0 aromatic rings. The molecule has 0 aromatic carbocycles. The van der Waals surface area contributed by atoms with Gasteiger partial charge in [-0.2, -0.15) is 0 Å². The van der Waals surface area contributed by atoms with Gasteiger partial charge in [0.2, 0.25) is 0 Å². The summed E-state index contributed by atoms with van der Waals surface area (Å²) in [6.07, 6.45) is 3.56. The monoisotopic (exact) mass is 169 g/mol. The van der Waals surface area contributed by atoms with Gasteiger partial charge in [0.25, 0.3) is 0 Å². The molecule has 1 N–H and O–H groups in total. The Kier molecular flexibility index (Phi) is 2.31. The van der Waals surface area contributed by atoms with Crippen LogP contribution in [-0.2, 0) is 0 Å². The predicted molar refractivity (Wildman–Crippen MR) is 46.6 cm³/mol. The number of aliphatic hydroxyl groups is 1. The molecule has 1 aliphatic carbocycles. The fourth-order valence-electron chi connectivity index (χ4n) is 1.73. The summed E-state index contributed by atoms with van der Waals surface area (Å²) < 4.78 is 0. The molecule has 0 saturated heterocycles. The van der Waals surface area contributed by atoms with E-state index in [4.69, 9.17) is 5.53 Å². The average Bonchev–Trinajstić information content (AvgIpc) is 1.96. The average molecular weight is 169 g/mol. The summed E-state index contributed by atoms with van der Waals surface area (Å²) >= 11 is 0. The minimum absolute atomic E-state index is 0.611. The third kappa shape index (κ3) is 1.40. The van der Waals surface area contributed by atoms with Gasteiger partial charge in [0.1, 0.15) is 0 Å². The van der Waals surface area contributed by atoms with Crippen LogP contribution in [0.3, 0.4) is 0 Å². The molecule has 0 aromatic heterocycles. The van der Waals surface area contributed by atoms with Gasteiger partial charge in [-0.3, -0.25) is 0 Å². The third-order valence-corrected chi connectivity index (χ3v) is 3.00. The molecular weight excluding hydrogens is 154 g/mol. The Morgan fingerprint density at radius 3 is 2.42 bits per heavy atom. The maximum Gasteiger partial charge on any atom is 0.0744 e. The van der Waals surface area contributed by atoms with Gasteiger partial charge in [-0.15, -0.1) is 0 Å². The summed E-state index contributed by atoms with van der Waals surface area (Å²) in [5.74, 6) is 0. The van der Waals surface area contributed by atoms with Crippen molar-refractivity contribution in [1.29, 1.82) is 0 Å². The van der Waals surface area contributed by atoms with Gasteiger partial charge >= 0.3 is 0 Å². The molecule has 0 radical (unpaired) electrons. The van der Waals surface area contributed by atoms with Crippen molar-refractivity contribution < 1.29 is 5.11 Å². The van der Waals surface area contributed by atoms with Crippen molar-refractivity contribution in [2.45, 2.75) is 50.7 Å². The van der Waals surface area contributed by atoms with E-state index in [1.54, 1.807) is 6.92 Å². The molecule has 4 heteroatoms. The van der Waals surface area contributed by atoms with Crippen molar-refractivity contribution in [3.63, 3.8) is 0 Å². The van der Waals surface area contributed by atoms with E-state index in [0.29, 0.717) is 0 Å². The molecule has 1 aliphatic rings. The van der Waals surface area contributed by atoms with Crippen molar-refractivity contribution in [3.8, 4) is 0 Å². The van der Waals surface area contributed by atoms with Crippen molar-refractivity contribution in [3.05, 3.63) is 10.4 Å². The zero-order chi connectivity index (χ0) is 9.24. The molecule has 1 fully saturated rings. The molecule has 1 rings (SSSR count). The first kappa shape index (κ1) is 9.36. The number of azide groups is 1. The third-order valence-electron chi connectivity index (χ3n) is 3.00. The molecule has 1 saturated carbocycles. The fourth-order valence-corrected chi connectivity index (χ4v) is 1.73. The Balaban J connectivity index is 2.91. The highest BCUT2D eigenvalue weighted by atomic mass is 16.3. The van der Waals surface area contributed by atoms with Crippen LogP contribution in [-0.4, -0.2) is 16.2 Å². The lowest BCUT2D eigenvalue weighted by Gasteiger charge is -2.43. The Bertz CT molecular complexity index is 220. The largest absolute Gasteiger partial charge is 0.389 e. The Hall–Kier alpha value is -0.730. The second kappa shape index (κ2) is 2.96. The van der Waals surface area contributed by atoms with E-state index >= 15 is 0 Å². The second-order valence-electron chi connectivity index (χ2n) is 3.94. The molecule has 0 amide bonds. The number of hydrogen-bond acceptors (Lipinski definition) is 2. The highest BCUT2D eigenvalue weighted by molar-refractivity contribution is 5.02. The topological polar surface area (TPSA) is 69.0 Å². The van der Waals surface area contributed by atoms with Crippen molar-refractivity contribution in [2.75, 3.05) is 0 Å². The Morgan fingerprint density at radius 2 is 1.92 bits per heavy atom. The molecule has 12 heavy (non-hydrogen) atoms. The van der Waals surface area contributed by atoms with E-state index in [0.717, 1.165) is 25.7 Å². The molecule has 0 bridgehead atoms. The lowest BCUT2D eigenvalue weighted by molar-refractivity contribution is -0.0412. The van der Waals surface area contributed by atoms with Crippen LogP contribution in [0.5, 0.6) is 0 Å². The van der Waals surface area contributed by atoms with E-state index in [1.165, 1.54) is 0 Å². The lowest BCUT2D eigenvalue weighted by atomic mass is 9.72. The maximum absolute atomic E-state index is 9.96. The van der Waals surface area contributed by atoms with Gasteiger partial charge in [0.15, 0.2) is 0 Å². The quantitative estimate of drug-likeness (QED) is 0.365. The normalized spacial score (nSPS) is 41.9. The summed E-state index contributed by atoms with van der Waals surface area (Å²) in [6, 6.07) is 0. The van der Waals surface area contributed by atoms with Crippen LogP contribution in [0, 0.1) is 0 Å². The van der Waals surface area contributed by atoms with Crippen LogP contribution in [0.4, 0.5) is 0 Å². The zero-order valence-electron chi connectivity index (χ0n) is 7.62. The second-order valence-corrected chi connectivity index (χ2v) is 3.94. The highest BCUT2D eigenvalue weighted by Gasteiger charge is 2.44. The number of hydrogen-bond donors (Lipinski definition) is 1. The van der Waals surface area contributed by atoms with E-state index in [2.05, 4.69) is 10.0 Å². The SMILES string of the molecule is CC1(O)CCCCC1(C)N=[N+]=[N-]. The fraction of sp³-hybridized carbons (Fsp3) is 1.00. The van der Waals surface area contributed by atoms with Crippen LogP contribution in [0.2, 0.25) is 0 Å². The highest BCUT2D eigenvalue weighted by Crippen LogP contribution is 2.39. The number of nitrogens with zero attached hydrogens (tertiary/aromatic N) is 3. The van der Waals surface area contributed by atoms with Crippen LogP contribution >= 0.6 is 0 Å². The van der Waals surface area contributed by atoms with E-state index in [9.17, 15) is 5.11 Å². The molecule has 0 heterocycles. The molecule has 68 valence electrons. The minimum atomic E-state index is -0.836. The summed E-state index contributed by atoms with van der Waals surface area (Å²) in [7, 11) is 0. The van der Waals surface area contributed by atoms with Gasteiger partial charge in [-0.05, 0) is 25.3 Å². The summed E-state index contributed by atoms with van der Waals surface area (Å²) in [6.45, 7) is 3.58. The molecule has 2 atom stereocenters. The van der Waals surface area contributed by atoms with Crippen molar-refractivity contribution in [1.82, 2.24) is 0 Å².